The van der Waals surface area contributed by atoms with Crippen molar-refractivity contribution in [2.45, 2.75) is 19.8 Å². The molecule has 6 heteroatoms. The molecular weight excluding hydrogens is 362 g/mol. The Morgan fingerprint density at radius 3 is 2.63 bits per heavy atom. The average molecular weight is 378 g/mol. The van der Waals surface area contributed by atoms with Crippen molar-refractivity contribution in [1.82, 2.24) is 4.98 Å². The number of hydrogen-bond acceptors (Lipinski definition) is 5. The Morgan fingerprint density at radius 1 is 1.15 bits per heavy atom. The van der Waals surface area contributed by atoms with Crippen molar-refractivity contribution in [3.8, 4) is 17.6 Å². The molecule has 0 saturated heterocycles. The molecular formula is C21H16ClN3O2. The highest BCUT2D eigenvalue weighted by molar-refractivity contribution is 6.30. The summed E-state index contributed by atoms with van der Waals surface area (Å²) in [5, 5.41) is 20.7. The van der Waals surface area contributed by atoms with E-state index in [1.807, 2.05) is 32.0 Å². The maximum atomic E-state index is 9.77. The molecule has 1 aromatic heterocycles. The quantitative estimate of drug-likeness (QED) is 0.612. The fourth-order valence-electron chi connectivity index (χ4n) is 3.40. The van der Waals surface area contributed by atoms with Gasteiger partial charge in [-0.2, -0.15) is 5.26 Å². The number of pyridine rings is 1. The zero-order chi connectivity index (χ0) is 19.3. The summed E-state index contributed by atoms with van der Waals surface area (Å²) < 4.78 is 5.54. The van der Waals surface area contributed by atoms with Gasteiger partial charge in [-0.3, -0.25) is 0 Å². The SMILES string of the molecule is Cc1cc2cc(C3C(C#N)=C(N)Oc4cc(O)ccc43)c(Cl)nc2cc1C. The van der Waals surface area contributed by atoms with E-state index in [1.54, 1.807) is 12.1 Å². The molecule has 0 fully saturated rings. The second-order valence-corrected chi connectivity index (χ2v) is 7.00. The number of fused-ring (bicyclic) bond motifs is 2. The third kappa shape index (κ3) is 2.75. The van der Waals surface area contributed by atoms with Crippen LogP contribution in [0.2, 0.25) is 5.15 Å². The largest absolute Gasteiger partial charge is 0.508 e. The van der Waals surface area contributed by atoms with Crippen LogP contribution in [0.4, 0.5) is 0 Å². The van der Waals surface area contributed by atoms with Crippen molar-refractivity contribution in [3.05, 3.63) is 75.3 Å². The molecule has 3 N–H and O–H groups in total. The van der Waals surface area contributed by atoms with Gasteiger partial charge >= 0.3 is 0 Å². The number of nitrogens with zero attached hydrogens (tertiary/aromatic N) is 2. The van der Waals surface area contributed by atoms with Gasteiger partial charge in [-0.15, -0.1) is 0 Å². The molecule has 5 nitrogen and oxygen atoms in total. The van der Waals surface area contributed by atoms with Crippen molar-refractivity contribution in [3.63, 3.8) is 0 Å². The normalized spacial score (nSPS) is 16.0. The van der Waals surface area contributed by atoms with Crippen molar-refractivity contribution in [1.29, 1.82) is 5.26 Å². The number of aromatic nitrogens is 1. The number of nitrogens with two attached hydrogens (primary N) is 1. The molecule has 1 aliphatic rings. The number of halogens is 1. The van der Waals surface area contributed by atoms with Gasteiger partial charge in [-0.25, -0.2) is 4.98 Å². The van der Waals surface area contributed by atoms with E-state index in [2.05, 4.69) is 11.1 Å². The number of phenolic OH excluding ortho intramolecular Hbond substituents is 1. The summed E-state index contributed by atoms with van der Waals surface area (Å²) in [4.78, 5) is 4.54. The number of aromatic hydroxyl groups is 1. The standard InChI is InChI=1S/C21H16ClN3O2/c1-10-5-12-7-15(20(22)25-17(12)6-11(10)2)19-14-4-3-13(26)8-18(14)27-21(24)16(19)9-23/h3-8,19,26H,24H2,1-2H3. The number of aryl methyl sites for hydroxylation is 2. The minimum absolute atomic E-state index is 0.00292. The monoisotopic (exact) mass is 377 g/mol. The summed E-state index contributed by atoms with van der Waals surface area (Å²) >= 11 is 6.52. The van der Waals surface area contributed by atoms with E-state index in [0.29, 0.717) is 22.0 Å². The van der Waals surface area contributed by atoms with Crippen LogP contribution in [-0.4, -0.2) is 10.1 Å². The van der Waals surface area contributed by atoms with Crippen LogP contribution in [0, 0.1) is 25.2 Å². The molecule has 27 heavy (non-hydrogen) atoms. The summed E-state index contributed by atoms with van der Waals surface area (Å²) in [5.74, 6) is -0.0792. The highest BCUT2D eigenvalue weighted by atomic mass is 35.5. The number of rotatable bonds is 1. The van der Waals surface area contributed by atoms with Gasteiger partial charge < -0.3 is 15.6 Å². The fraction of sp³-hybridized carbons (Fsp3) is 0.143. The molecule has 2 aromatic carbocycles. The molecule has 0 bridgehead atoms. The van der Waals surface area contributed by atoms with Crippen LogP contribution in [0.1, 0.15) is 28.2 Å². The molecule has 0 spiro atoms. The second kappa shape index (κ2) is 6.19. The first kappa shape index (κ1) is 17.2. The van der Waals surface area contributed by atoms with E-state index in [1.165, 1.54) is 6.07 Å². The molecule has 4 rings (SSSR count). The molecule has 0 amide bonds. The number of benzene rings is 2. The molecule has 3 aromatic rings. The first-order valence-electron chi connectivity index (χ1n) is 8.37. The van der Waals surface area contributed by atoms with Crippen LogP contribution < -0.4 is 10.5 Å². The Kier molecular flexibility index (Phi) is 3.94. The number of hydrogen-bond donors (Lipinski definition) is 2. The van der Waals surface area contributed by atoms with E-state index in [0.717, 1.165) is 22.0 Å². The maximum absolute atomic E-state index is 9.77. The Balaban J connectivity index is 2.00. The Morgan fingerprint density at radius 2 is 1.89 bits per heavy atom. The van der Waals surface area contributed by atoms with Gasteiger partial charge in [-0.1, -0.05) is 17.7 Å². The van der Waals surface area contributed by atoms with Gasteiger partial charge in [0.15, 0.2) is 0 Å². The maximum Gasteiger partial charge on any atom is 0.205 e. The topological polar surface area (TPSA) is 92.2 Å². The second-order valence-electron chi connectivity index (χ2n) is 6.64. The minimum Gasteiger partial charge on any atom is -0.508 e. The lowest BCUT2D eigenvalue weighted by Crippen LogP contribution is -2.21. The van der Waals surface area contributed by atoms with E-state index in [-0.39, 0.29) is 17.2 Å². The van der Waals surface area contributed by atoms with Gasteiger partial charge in [0.2, 0.25) is 5.88 Å². The highest BCUT2D eigenvalue weighted by Crippen LogP contribution is 2.45. The zero-order valence-corrected chi connectivity index (χ0v) is 15.5. The molecule has 2 heterocycles. The number of nitriles is 1. The van der Waals surface area contributed by atoms with E-state index in [4.69, 9.17) is 22.1 Å². The number of allylic oxidation sites excluding steroid dienone is 1. The summed E-state index contributed by atoms with van der Waals surface area (Å²) in [5.41, 5.74) is 10.7. The summed E-state index contributed by atoms with van der Waals surface area (Å²) in [6, 6.07) is 12.8. The van der Waals surface area contributed by atoms with Crippen molar-refractivity contribution >= 4 is 22.5 Å². The lowest BCUT2D eigenvalue weighted by atomic mass is 9.83. The number of ether oxygens (including phenoxy) is 1. The molecule has 0 aliphatic carbocycles. The van der Waals surface area contributed by atoms with Crippen LogP contribution in [0.25, 0.3) is 10.9 Å². The smallest absolute Gasteiger partial charge is 0.205 e. The summed E-state index contributed by atoms with van der Waals surface area (Å²) in [7, 11) is 0. The van der Waals surface area contributed by atoms with Gasteiger partial charge in [0.1, 0.15) is 28.3 Å². The zero-order valence-electron chi connectivity index (χ0n) is 14.7. The van der Waals surface area contributed by atoms with Crippen LogP contribution >= 0.6 is 11.6 Å². The molecule has 0 radical (unpaired) electrons. The minimum atomic E-state index is -0.523. The van der Waals surface area contributed by atoms with E-state index >= 15 is 0 Å². The van der Waals surface area contributed by atoms with E-state index < -0.39 is 5.92 Å². The third-order valence-electron chi connectivity index (χ3n) is 4.92. The first-order valence-corrected chi connectivity index (χ1v) is 8.74. The Bertz CT molecular complexity index is 1180. The van der Waals surface area contributed by atoms with E-state index in [9.17, 15) is 10.4 Å². The Labute approximate surface area is 161 Å². The van der Waals surface area contributed by atoms with Crippen LogP contribution in [0.3, 0.4) is 0 Å². The molecule has 134 valence electrons. The molecule has 1 unspecified atom stereocenters. The lowest BCUT2D eigenvalue weighted by molar-refractivity contribution is 0.388. The average Bonchev–Trinajstić information content (AvgIpc) is 2.61. The summed E-state index contributed by atoms with van der Waals surface area (Å²) in [6.45, 7) is 4.06. The Hall–Kier alpha value is -3.23. The van der Waals surface area contributed by atoms with Crippen LogP contribution in [0.15, 0.2) is 47.9 Å². The van der Waals surface area contributed by atoms with Gasteiger partial charge in [-0.05, 0) is 49.2 Å². The predicted molar refractivity (Wildman–Crippen MR) is 104 cm³/mol. The molecule has 1 aliphatic heterocycles. The number of phenols is 1. The van der Waals surface area contributed by atoms with Crippen molar-refractivity contribution in [2.75, 3.05) is 0 Å². The molecule has 0 saturated carbocycles. The third-order valence-corrected chi connectivity index (χ3v) is 5.23. The first-order chi connectivity index (χ1) is 12.9. The van der Waals surface area contributed by atoms with Crippen molar-refractivity contribution < 1.29 is 9.84 Å². The molecule has 1 atom stereocenters. The lowest BCUT2D eigenvalue weighted by Gasteiger charge is -2.27. The van der Waals surface area contributed by atoms with Crippen molar-refractivity contribution in [2.24, 2.45) is 5.73 Å². The summed E-state index contributed by atoms with van der Waals surface area (Å²) in [6.07, 6.45) is 0. The van der Waals surface area contributed by atoms with Gasteiger partial charge in [0.25, 0.3) is 0 Å². The van der Waals surface area contributed by atoms with Crippen LogP contribution in [-0.2, 0) is 0 Å². The highest BCUT2D eigenvalue weighted by Gasteiger charge is 2.32. The van der Waals surface area contributed by atoms with Crippen LogP contribution in [0.5, 0.6) is 11.5 Å². The fourth-order valence-corrected chi connectivity index (χ4v) is 3.65. The van der Waals surface area contributed by atoms with Gasteiger partial charge in [0, 0.05) is 22.6 Å². The predicted octanol–water partition coefficient (Wildman–Crippen LogP) is 4.43. The van der Waals surface area contributed by atoms with Gasteiger partial charge in [0.05, 0.1) is 11.4 Å².